The van der Waals surface area contributed by atoms with Crippen molar-refractivity contribution in [1.82, 2.24) is 19.5 Å². The third kappa shape index (κ3) is 4.62. The smallest absolute Gasteiger partial charge is 0.322 e. The van der Waals surface area contributed by atoms with Crippen LogP contribution in [-0.2, 0) is 13.0 Å². The molecule has 0 radical (unpaired) electrons. The van der Waals surface area contributed by atoms with Gasteiger partial charge >= 0.3 is 5.69 Å². The maximum absolute atomic E-state index is 12.6. The number of H-pyrrole nitrogens is 1. The van der Waals surface area contributed by atoms with Gasteiger partial charge in [0, 0.05) is 11.6 Å². The number of aryl methyl sites for hydroxylation is 2. The summed E-state index contributed by atoms with van der Waals surface area (Å²) in [5, 5.41) is 0.702. The number of nitrogens with one attached hydrogen (secondary N) is 1. The van der Waals surface area contributed by atoms with E-state index in [4.69, 9.17) is 11.6 Å². The molecule has 1 N–H and O–H groups in total. The Labute approximate surface area is 197 Å². The zero-order valence-electron chi connectivity index (χ0n) is 19.1. The Morgan fingerprint density at radius 3 is 2.58 bits per heavy atom. The highest BCUT2D eigenvalue weighted by Crippen LogP contribution is 2.30. The van der Waals surface area contributed by atoms with E-state index in [0.29, 0.717) is 22.9 Å². The Balaban J connectivity index is 1.89. The number of hydrogen-bond acceptors (Lipinski definition) is 4. The Morgan fingerprint density at radius 1 is 1.18 bits per heavy atom. The average Bonchev–Trinajstić information content (AvgIpc) is 2.77. The van der Waals surface area contributed by atoms with Crippen LogP contribution in [0.25, 0.3) is 28.1 Å². The van der Waals surface area contributed by atoms with E-state index in [2.05, 4.69) is 41.4 Å². The van der Waals surface area contributed by atoms with Gasteiger partial charge in [0.25, 0.3) is 5.56 Å². The summed E-state index contributed by atoms with van der Waals surface area (Å²) in [7, 11) is 0. The monoisotopic (exact) mass is 462 g/mol. The van der Waals surface area contributed by atoms with Crippen LogP contribution in [0.15, 0.2) is 52.6 Å². The fourth-order valence-electron chi connectivity index (χ4n) is 4.26. The first kappa shape index (κ1) is 22.9. The highest BCUT2D eigenvalue weighted by molar-refractivity contribution is 6.30. The average molecular weight is 463 g/mol. The van der Waals surface area contributed by atoms with E-state index >= 15 is 0 Å². The van der Waals surface area contributed by atoms with E-state index in [1.54, 1.807) is 0 Å². The topological polar surface area (TPSA) is 80.6 Å². The second-order valence-corrected chi connectivity index (χ2v) is 9.01. The molecule has 6 nitrogen and oxygen atoms in total. The number of fused-ring (bicyclic) bond motifs is 2. The molecule has 0 saturated heterocycles. The lowest BCUT2D eigenvalue weighted by molar-refractivity contribution is 0.582. The molecule has 170 valence electrons. The third-order valence-electron chi connectivity index (χ3n) is 6.04. The minimum Gasteiger partial charge on any atom is -0.322 e. The van der Waals surface area contributed by atoms with Crippen molar-refractivity contribution in [2.75, 3.05) is 0 Å². The van der Waals surface area contributed by atoms with Crippen LogP contribution >= 0.6 is 11.6 Å². The van der Waals surface area contributed by atoms with Gasteiger partial charge in [0.15, 0.2) is 11.5 Å². The van der Waals surface area contributed by atoms with Crippen molar-refractivity contribution >= 4 is 28.2 Å². The van der Waals surface area contributed by atoms with E-state index in [1.807, 2.05) is 41.8 Å². The van der Waals surface area contributed by atoms with Crippen molar-refractivity contribution in [3.8, 4) is 11.5 Å². The molecular weight excluding hydrogens is 436 g/mol. The lowest BCUT2D eigenvalue weighted by atomic mass is 9.96. The second kappa shape index (κ2) is 9.32. The summed E-state index contributed by atoms with van der Waals surface area (Å²) in [6.45, 7) is 11.0. The van der Waals surface area contributed by atoms with E-state index in [-0.39, 0.29) is 11.6 Å². The maximum Gasteiger partial charge on any atom is 0.349 e. The van der Waals surface area contributed by atoms with Gasteiger partial charge in [-0.3, -0.25) is 9.78 Å². The number of halogens is 1. The number of allylic oxidation sites excluding steroid dienone is 1. The molecule has 0 aromatic heterocycles. The number of nitrogens with zero attached hydrogens (tertiary/aromatic N) is 3. The lowest BCUT2D eigenvalue weighted by Crippen LogP contribution is -2.29. The van der Waals surface area contributed by atoms with Crippen LogP contribution in [0.1, 0.15) is 56.2 Å². The van der Waals surface area contributed by atoms with E-state index in [9.17, 15) is 9.59 Å². The number of rotatable bonds is 7. The summed E-state index contributed by atoms with van der Waals surface area (Å²) in [4.78, 5) is 35.6. The van der Waals surface area contributed by atoms with Gasteiger partial charge < -0.3 is 4.57 Å². The van der Waals surface area contributed by atoms with Gasteiger partial charge in [0.2, 0.25) is 0 Å². The van der Waals surface area contributed by atoms with Gasteiger partial charge in [0.1, 0.15) is 0 Å². The first-order valence-electron chi connectivity index (χ1n) is 11.2. The quantitative estimate of drug-likeness (QED) is 0.372. The Bertz CT molecular complexity index is 1420. The van der Waals surface area contributed by atoms with Crippen LogP contribution in [0.4, 0.5) is 0 Å². The number of benzene rings is 2. The molecule has 33 heavy (non-hydrogen) atoms. The second-order valence-electron chi connectivity index (χ2n) is 8.58. The molecule has 1 atom stereocenters. The third-order valence-corrected chi connectivity index (χ3v) is 6.29. The SMILES string of the molecule is C=C(C)c1cc2c(cc1CCC)nc1c(=O)[nH]c(=O)nc-1n2CCC(C)c1ccc(Cl)cc1. The minimum absolute atomic E-state index is 0.173. The van der Waals surface area contributed by atoms with Crippen molar-refractivity contribution in [2.24, 2.45) is 0 Å². The van der Waals surface area contributed by atoms with Crippen LogP contribution in [0.3, 0.4) is 0 Å². The fraction of sp³-hybridized carbons (Fsp3) is 0.308. The van der Waals surface area contributed by atoms with Crippen LogP contribution in [0.5, 0.6) is 0 Å². The normalized spacial score (nSPS) is 12.4. The summed E-state index contributed by atoms with van der Waals surface area (Å²) in [5.41, 5.74) is 4.88. The predicted octanol–water partition coefficient (Wildman–Crippen LogP) is 5.42. The standard InChI is InChI=1S/C26H27ClN4O2/c1-5-6-18-13-21-22(14-20(18)15(2)3)31(24-23(28-21)25(32)30-26(33)29-24)12-11-16(4)17-7-9-19(27)10-8-17/h7-10,13-14,16H,2,5-6,11-12H2,1,3-4H3,(H,30,32,33). The molecule has 2 aliphatic heterocycles. The molecule has 0 spiro atoms. The summed E-state index contributed by atoms with van der Waals surface area (Å²) in [6, 6.07) is 11.9. The van der Waals surface area contributed by atoms with Crippen LogP contribution in [-0.4, -0.2) is 19.5 Å². The number of aromatic amines is 1. The summed E-state index contributed by atoms with van der Waals surface area (Å²) in [6.07, 6.45) is 2.65. The van der Waals surface area contributed by atoms with Crippen LogP contribution in [0, 0.1) is 0 Å². The maximum atomic E-state index is 12.6. The van der Waals surface area contributed by atoms with Crippen molar-refractivity contribution in [1.29, 1.82) is 0 Å². The molecule has 2 aliphatic rings. The zero-order chi connectivity index (χ0) is 23.7. The van der Waals surface area contributed by atoms with Crippen molar-refractivity contribution in [3.63, 3.8) is 0 Å². The van der Waals surface area contributed by atoms with Gasteiger partial charge in [-0.15, -0.1) is 0 Å². The van der Waals surface area contributed by atoms with Crippen LogP contribution < -0.4 is 11.2 Å². The Kier molecular flexibility index (Phi) is 6.47. The first-order chi connectivity index (χ1) is 15.8. The number of aromatic nitrogens is 4. The summed E-state index contributed by atoms with van der Waals surface area (Å²) >= 11 is 6.04. The minimum atomic E-state index is -0.670. The van der Waals surface area contributed by atoms with Crippen molar-refractivity contribution < 1.29 is 0 Å². The van der Waals surface area contributed by atoms with Gasteiger partial charge in [-0.25, -0.2) is 9.78 Å². The van der Waals surface area contributed by atoms with Crippen molar-refractivity contribution in [3.05, 3.63) is 85.5 Å². The van der Waals surface area contributed by atoms with Gasteiger partial charge in [0.05, 0.1) is 11.0 Å². The molecular formula is C26H27ClN4O2. The highest BCUT2D eigenvalue weighted by Gasteiger charge is 2.20. The molecule has 0 amide bonds. The Hall–Kier alpha value is -3.25. The molecule has 0 saturated carbocycles. The van der Waals surface area contributed by atoms with Gasteiger partial charge in [-0.05, 0) is 66.6 Å². The summed E-state index contributed by atoms with van der Waals surface area (Å²) < 4.78 is 1.95. The van der Waals surface area contributed by atoms with Crippen LogP contribution in [0.2, 0.25) is 5.02 Å². The first-order valence-corrected chi connectivity index (χ1v) is 11.5. The van der Waals surface area contributed by atoms with Gasteiger partial charge in [-0.1, -0.05) is 56.2 Å². The molecule has 2 aromatic rings. The molecule has 7 heteroatoms. The molecule has 0 bridgehead atoms. The molecule has 2 heterocycles. The highest BCUT2D eigenvalue weighted by atomic mass is 35.5. The zero-order valence-corrected chi connectivity index (χ0v) is 19.9. The van der Waals surface area contributed by atoms with Gasteiger partial charge in [-0.2, -0.15) is 4.98 Å². The molecule has 0 fully saturated rings. The molecule has 0 aliphatic carbocycles. The van der Waals surface area contributed by atoms with E-state index in [1.165, 1.54) is 5.56 Å². The largest absolute Gasteiger partial charge is 0.349 e. The Morgan fingerprint density at radius 2 is 1.91 bits per heavy atom. The lowest BCUT2D eigenvalue weighted by Gasteiger charge is -2.21. The fourth-order valence-corrected chi connectivity index (χ4v) is 4.39. The predicted molar refractivity (Wildman–Crippen MR) is 134 cm³/mol. The summed E-state index contributed by atoms with van der Waals surface area (Å²) in [5.74, 6) is 0.539. The van der Waals surface area contributed by atoms with E-state index < -0.39 is 11.2 Å². The molecule has 2 aromatic carbocycles. The molecule has 1 unspecified atom stereocenters. The van der Waals surface area contributed by atoms with E-state index in [0.717, 1.165) is 41.5 Å². The number of hydrogen-bond donors (Lipinski definition) is 1. The molecule has 4 rings (SSSR count). The van der Waals surface area contributed by atoms with Crippen molar-refractivity contribution in [2.45, 2.75) is 52.5 Å².